The minimum Gasteiger partial charge on any atom is -0.497 e. The molecule has 0 aliphatic heterocycles. The number of hydrogen-bond donors (Lipinski definition) is 3. The van der Waals surface area contributed by atoms with E-state index in [0.717, 1.165) is 16.9 Å². The first-order valence-electron chi connectivity index (χ1n) is 13.3. The Hall–Kier alpha value is -3.41. The van der Waals surface area contributed by atoms with E-state index in [9.17, 15) is 4.79 Å². The smallest absolute Gasteiger partial charge is 0.291 e. The number of hydrogen-bond acceptors (Lipinski definition) is 6. The molecule has 0 atom stereocenters. The van der Waals surface area contributed by atoms with Crippen molar-refractivity contribution in [3.63, 3.8) is 0 Å². The van der Waals surface area contributed by atoms with Crippen LogP contribution in [0.5, 0.6) is 11.5 Å². The summed E-state index contributed by atoms with van der Waals surface area (Å²) in [5, 5.41) is 8.06. The fourth-order valence-corrected chi connectivity index (χ4v) is 4.75. The minimum absolute atomic E-state index is 0.0790. The maximum atomic E-state index is 13.4. The number of nitrogens with zero attached hydrogens (tertiary/aromatic N) is 2. The van der Waals surface area contributed by atoms with Gasteiger partial charge in [0, 0.05) is 6.54 Å². The van der Waals surface area contributed by atoms with Crippen LogP contribution in [0.15, 0.2) is 54.6 Å². The maximum Gasteiger partial charge on any atom is 0.291 e. The third-order valence-corrected chi connectivity index (χ3v) is 11.8. The van der Waals surface area contributed by atoms with Crippen molar-refractivity contribution >= 4 is 31.6 Å². The molecule has 1 heterocycles. The van der Waals surface area contributed by atoms with E-state index < -0.39 is 14.2 Å². The largest absolute Gasteiger partial charge is 0.497 e. The van der Waals surface area contributed by atoms with Gasteiger partial charge in [-0.05, 0) is 60.5 Å². The van der Waals surface area contributed by atoms with Crippen molar-refractivity contribution in [1.29, 1.82) is 0 Å². The zero-order valence-corrected chi connectivity index (χ0v) is 26.3. The van der Waals surface area contributed by atoms with Gasteiger partial charge in [0.25, 0.3) is 5.91 Å². The van der Waals surface area contributed by atoms with E-state index >= 15 is 0 Å². The highest BCUT2D eigenvalue weighted by Crippen LogP contribution is 2.36. The average Bonchev–Trinajstić information content (AvgIpc) is 3.24. The van der Waals surface area contributed by atoms with Crippen LogP contribution in [0, 0.1) is 6.92 Å². The molecule has 9 nitrogen and oxygen atoms in total. The highest BCUT2D eigenvalue weighted by molar-refractivity contribution is 7.80. The highest BCUT2D eigenvalue weighted by Gasteiger charge is 2.37. The van der Waals surface area contributed by atoms with Crippen LogP contribution in [0.4, 0.5) is 0 Å². The molecule has 0 bridgehead atoms. The standard InChI is InChI=1S/C29H41N5O4SSi/c1-21-26(37-20-23-11-9-8-10-12-23)25(34(33-21)17-18-38-40(6,7)29(2,3)4)27(35)31-32-28(39)30-19-22-13-15-24(36-5)16-14-22/h8-16H,17-20H2,1-7H3,(H,31,35)(H2,30,32,39). The molecule has 216 valence electrons. The van der Waals surface area contributed by atoms with Gasteiger partial charge in [0.05, 0.1) is 20.3 Å². The number of ether oxygens (including phenoxy) is 2. The molecule has 0 saturated heterocycles. The molecule has 0 aliphatic carbocycles. The van der Waals surface area contributed by atoms with E-state index in [4.69, 9.17) is 26.1 Å². The van der Waals surface area contributed by atoms with Crippen LogP contribution in [0.25, 0.3) is 0 Å². The molecule has 1 aromatic heterocycles. The molecule has 0 spiro atoms. The molecular weight excluding hydrogens is 543 g/mol. The van der Waals surface area contributed by atoms with Crippen molar-refractivity contribution in [2.45, 2.75) is 65.5 Å². The van der Waals surface area contributed by atoms with E-state index in [2.05, 4.69) is 55.1 Å². The fourth-order valence-electron chi connectivity index (χ4n) is 3.60. The van der Waals surface area contributed by atoms with Gasteiger partial charge in [-0.2, -0.15) is 5.10 Å². The summed E-state index contributed by atoms with van der Waals surface area (Å²) < 4.78 is 19.3. The van der Waals surface area contributed by atoms with Crippen LogP contribution in [0.3, 0.4) is 0 Å². The van der Waals surface area contributed by atoms with Crippen molar-refractivity contribution in [2.24, 2.45) is 0 Å². The number of carbonyl (C=O) groups is 1. The summed E-state index contributed by atoms with van der Waals surface area (Å²) in [4.78, 5) is 13.4. The SMILES string of the molecule is COc1ccc(CNC(=S)NNC(=O)c2c(OCc3ccccc3)c(C)nn2CCO[Si](C)(C)C(C)(C)C)cc1. The first-order chi connectivity index (χ1) is 18.9. The van der Waals surface area contributed by atoms with Gasteiger partial charge in [-0.25, -0.2) is 0 Å². The minimum atomic E-state index is -1.96. The van der Waals surface area contributed by atoms with Crippen LogP contribution < -0.4 is 25.6 Å². The third-order valence-electron chi connectivity index (χ3n) is 6.99. The van der Waals surface area contributed by atoms with Gasteiger partial charge in [-0.15, -0.1) is 0 Å². The summed E-state index contributed by atoms with van der Waals surface area (Å²) in [6.45, 7) is 14.5. The molecule has 0 aliphatic rings. The molecule has 0 fully saturated rings. The first-order valence-corrected chi connectivity index (χ1v) is 16.6. The van der Waals surface area contributed by atoms with Gasteiger partial charge in [0.2, 0.25) is 0 Å². The molecule has 3 aromatic rings. The summed E-state index contributed by atoms with van der Waals surface area (Å²) in [6, 6.07) is 17.4. The van der Waals surface area contributed by atoms with Crippen LogP contribution in [-0.4, -0.2) is 42.8 Å². The number of benzene rings is 2. The number of thiocarbonyl (C=S) groups is 1. The topological polar surface area (TPSA) is 98.7 Å². The average molecular weight is 584 g/mol. The Bertz CT molecular complexity index is 1270. The number of carbonyl (C=O) groups excluding carboxylic acids is 1. The lowest BCUT2D eigenvalue weighted by atomic mass is 10.2. The molecule has 0 saturated carbocycles. The van der Waals surface area contributed by atoms with Gasteiger partial charge in [0.15, 0.2) is 24.9 Å². The summed E-state index contributed by atoms with van der Waals surface area (Å²) in [5.74, 6) is 0.792. The molecule has 0 unspecified atom stereocenters. The normalized spacial score (nSPS) is 11.6. The lowest BCUT2D eigenvalue weighted by Crippen LogP contribution is -2.47. The van der Waals surface area contributed by atoms with Crippen molar-refractivity contribution in [3.05, 3.63) is 77.1 Å². The van der Waals surface area contributed by atoms with E-state index in [1.54, 1.807) is 11.8 Å². The number of aromatic nitrogens is 2. The van der Waals surface area contributed by atoms with Crippen LogP contribution in [0.1, 0.15) is 48.1 Å². The molecule has 40 heavy (non-hydrogen) atoms. The van der Waals surface area contributed by atoms with Crippen LogP contribution in [0.2, 0.25) is 18.1 Å². The highest BCUT2D eigenvalue weighted by atomic mass is 32.1. The summed E-state index contributed by atoms with van der Waals surface area (Å²) in [6.07, 6.45) is 0. The second kappa shape index (κ2) is 13.8. The lowest BCUT2D eigenvalue weighted by molar-refractivity contribution is 0.0926. The van der Waals surface area contributed by atoms with E-state index in [0.29, 0.717) is 43.4 Å². The van der Waals surface area contributed by atoms with Crippen molar-refractivity contribution in [2.75, 3.05) is 13.7 Å². The lowest BCUT2D eigenvalue weighted by Gasteiger charge is -2.36. The van der Waals surface area contributed by atoms with E-state index in [1.807, 2.05) is 61.5 Å². The Labute approximate surface area is 243 Å². The summed E-state index contributed by atoms with van der Waals surface area (Å²) >= 11 is 5.37. The Morgan fingerprint density at radius 2 is 1.70 bits per heavy atom. The molecular formula is C29H41N5O4SSi. The predicted molar refractivity (Wildman–Crippen MR) is 164 cm³/mol. The summed E-state index contributed by atoms with van der Waals surface area (Å²) in [5.41, 5.74) is 8.41. The molecule has 2 aromatic carbocycles. The second-order valence-electron chi connectivity index (χ2n) is 11.0. The number of nitrogens with one attached hydrogen (secondary N) is 3. The molecule has 1 amide bonds. The number of methoxy groups -OCH3 is 1. The van der Waals surface area contributed by atoms with Crippen molar-refractivity contribution < 1.29 is 18.7 Å². The molecule has 3 N–H and O–H groups in total. The molecule has 11 heteroatoms. The van der Waals surface area contributed by atoms with E-state index in [-0.39, 0.29) is 10.2 Å². The maximum absolute atomic E-state index is 13.4. The monoisotopic (exact) mass is 583 g/mol. The fraction of sp³-hybridized carbons (Fsp3) is 0.414. The Balaban J connectivity index is 1.69. The van der Waals surface area contributed by atoms with Crippen LogP contribution in [-0.2, 0) is 24.1 Å². The number of aryl methyl sites for hydroxylation is 1. The molecule has 3 rings (SSSR count). The Morgan fingerprint density at radius 3 is 2.33 bits per heavy atom. The molecule has 0 radical (unpaired) electrons. The first kappa shape index (κ1) is 31.1. The van der Waals surface area contributed by atoms with Gasteiger partial charge in [0.1, 0.15) is 18.1 Å². The quantitative estimate of drug-likeness (QED) is 0.163. The third kappa shape index (κ3) is 8.54. The van der Waals surface area contributed by atoms with Crippen LogP contribution >= 0.6 is 12.2 Å². The second-order valence-corrected chi connectivity index (χ2v) is 16.2. The van der Waals surface area contributed by atoms with Gasteiger partial charge in [-0.1, -0.05) is 63.2 Å². The van der Waals surface area contributed by atoms with Gasteiger partial charge in [-0.3, -0.25) is 20.3 Å². The number of amides is 1. The number of rotatable bonds is 11. The number of hydrazine groups is 1. The zero-order chi connectivity index (χ0) is 29.3. The summed E-state index contributed by atoms with van der Waals surface area (Å²) in [7, 11) is -0.333. The van der Waals surface area contributed by atoms with Gasteiger partial charge >= 0.3 is 0 Å². The van der Waals surface area contributed by atoms with Crippen molar-refractivity contribution in [1.82, 2.24) is 25.9 Å². The van der Waals surface area contributed by atoms with Gasteiger partial charge < -0.3 is 19.2 Å². The zero-order valence-electron chi connectivity index (χ0n) is 24.5. The van der Waals surface area contributed by atoms with E-state index in [1.165, 1.54) is 0 Å². The Kier molecular flexibility index (Phi) is 10.7. The Morgan fingerprint density at radius 1 is 1.02 bits per heavy atom. The van der Waals surface area contributed by atoms with Crippen molar-refractivity contribution in [3.8, 4) is 11.5 Å². The predicted octanol–water partition coefficient (Wildman–Crippen LogP) is 5.11.